The molecular weight excluding hydrogens is 156 g/mol. The van der Waals surface area contributed by atoms with Crippen molar-refractivity contribution in [2.75, 3.05) is 20.1 Å². The van der Waals surface area contributed by atoms with Crippen LogP contribution >= 0.6 is 0 Å². The van der Waals surface area contributed by atoms with Crippen molar-refractivity contribution in [3.63, 3.8) is 0 Å². The molecule has 0 aliphatic carbocycles. The van der Waals surface area contributed by atoms with Crippen LogP contribution in [0.1, 0.15) is 6.42 Å². The second kappa shape index (κ2) is 4.27. The van der Waals surface area contributed by atoms with Gasteiger partial charge in [0.05, 0.1) is 12.1 Å². The molecule has 1 rings (SSSR count). The minimum absolute atomic E-state index is 0.0370. The summed E-state index contributed by atoms with van der Waals surface area (Å²) in [6, 6.07) is 0.0370. The molecule has 0 radical (unpaired) electrons. The number of piperidine rings is 1. The first kappa shape index (κ1) is 9.28. The van der Waals surface area contributed by atoms with Gasteiger partial charge in [0, 0.05) is 13.6 Å². The predicted octanol–water partition coefficient (Wildman–Crippen LogP) is -1.76. The van der Waals surface area contributed by atoms with Gasteiger partial charge < -0.3 is 21.5 Å². The maximum Gasteiger partial charge on any atom is 0.188 e. The molecule has 2 atom stereocenters. The molecule has 5 nitrogen and oxygen atoms in total. The molecule has 0 aromatic heterocycles. The highest BCUT2D eigenvalue weighted by molar-refractivity contribution is 5.78. The van der Waals surface area contributed by atoms with Gasteiger partial charge in [0.25, 0.3) is 0 Å². The monoisotopic (exact) mass is 172 g/mol. The Labute approximate surface area is 72.1 Å². The van der Waals surface area contributed by atoms with Crippen molar-refractivity contribution >= 4 is 5.96 Å². The fourth-order valence-corrected chi connectivity index (χ4v) is 1.27. The van der Waals surface area contributed by atoms with Crippen LogP contribution in [0, 0.1) is 0 Å². The molecule has 1 heterocycles. The van der Waals surface area contributed by atoms with Crippen LogP contribution < -0.4 is 16.4 Å². The molecule has 0 unspecified atom stereocenters. The molecule has 0 aromatic rings. The molecule has 1 aliphatic heterocycles. The number of aliphatic imine (C=N–C) groups is 1. The van der Waals surface area contributed by atoms with Crippen molar-refractivity contribution in [3.05, 3.63) is 0 Å². The molecule has 0 bridgehead atoms. The Kier molecular flexibility index (Phi) is 3.31. The molecule has 70 valence electrons. The lowest BCUT2D eigenvalue weighted by Gasteiger charge is -2.29. The van der Waals surface area contributed by atoms with Crippen LogP contribution in [0.3, 0.4) is 0 Å². The Balaban J connectivity index is 2.39. The first-order valence-electron chi connectivity index (χ1n) is 4.11. The van der Waals surface area contributed by atoms with E-state index in [2.05, 4.69) is 15.6 Å². The predicted molar refractivity (Wildman–Crippen MR) is 48.0 cm³/mol. The number of β-amino-alcohol motifs (C(OH)–C–C–N with tert-alkyl or cyclic N) is 1. The molecular formula is C7H16N4O. The van der Waals surface area contributed by atoms with Gasteiger partial charge in [-0.15, -0.1) is 0 Å². The van der Waals surface area contributed by atoms with Crippen molar-refractivity contribution in [1.82, 2.24) is 10.6 Å². The van der Waals surface area contributed by atoms with Gasteiger partial charge in [0.15, 0.2) is 5.96 Å². The van der Waals surface area contributed by atoms with Gasteiger partial charge in [-0.25, -0.2) is 0 Å². The van der Waals surface area contributed by atoms with E-state index in [1.807, 2.05) is 0 Å². The first-order valence-corrected chi connectivity index (χ1v) is 4.11. The number of nitrogens with two attached hydrogens (primary N) is 1. The zero-order valence-corrected chi connectivity index (χ0v) is 7.25. The van der Waals surface area contributed by atoms with Gasteiger partial charge in [-0.05, 0) is 13.0 Å². The van der Waals surface area contributed by atoms with Gasteiger partial charge in [-0.2, -0.15) is 0 Å². The number of guanidine groups is 1. The zero-order valence-electron chi connectivity index (χ0n) is 7.25. The number of aliphatic hydroxyl groups is 1. The summed E-state index contributed by atoms with van der Waals surface area (Å²) in [4.78, 5) is 3.77. The number of nitrogens with one attached hydrogen (secondary N) is 2. The van der Waals surface area contributed by atoms with E-state index in [0.717, 1.165) is 13.0 Å². The van der Waals surface area contributed by atoms with E-state index >= 15 is 0 Å². The Morgan fingerprint density at radius 2 is 2.50 bits per heavy atom. The van der Waals surface area contributed by atoms with Crippen LogP contribution in [0.15, 0.2) is 4.99 Å². The van der Waals surface area contributed by atoms with Crippen LogP contribution in [0.5, 0.6) is 0 Å². The SMILES string of the molecule is CN=C(N)N[C@@H]1CCNC[C@H]1O. The van der Waals surface area contributed by atoms with Crippen LogP contribution in [0.2, 0.25) is 0 Å². The molecule has 1 fully saturated rings. The third kappa shape index (κ3) is 2.35. The smallest absolute Gasteiger partial charge is 0.188 e. The molecule has 1 aliphatic rings. The lowest BCUT2D eigenvalue weighted by molar-refractivity contribution is 0.112. The van der Waals surface area contributed by atoms with Gasteiger partial charge in [0.1, 0.15) is 0 Å². The van der Waals surface area contributed by atoms with Crippen molar-refractivity contribution in [3.8, 4) is 0 Å². The summed E-state index contributed by atoms with van der Waals surface area (Å²) in [5.41, 5.74) is 5.47. The highest BCUT2D eigenvalue weighted by atomic mass is 16.3. The molecule has 5 heteroatoms. The number of nitrogens with zero attached hydrogens (tertiary/aromatic N) is 1. The number of rotatable bonds is 1. The molecule has 5 N–H and O–H groups in total. The van der Waals surface area contributed by atoms with Crippen molar-refractivity contribution in [2.45, 2.75) is 18.6 Å². The van der Waals surface area contributed by atoms with Gasteiger partial charge in [0.2, 0.25) is 0 Å². The van der Waals surface area contributed by atoms with Crippen LogP contribution in [-0.4, -0.2) is 43.3 Å². The molecule has 12 heavy (non-hydrogen) atoms. The quantitative estimate of drug-likeness (QED) is 0.279. The zero-order chi connectivity index (χ0) is 8.97. The lowest BCUT2D eigenvalue weighted by atomic mass is 10.0. The topological polar surface area (TPSA) is 82.7 Å². The Bertz CT molecular complexity index is 171. The number of aliphatic hydroxyl groups excluding tert-OH is 1. The largest absolute Gasteiger partial charge is 0.390 e. The van der Waals surface area contributed by atoms with Crippen LogP contribution in [-0.2, 0) is 0 Å². The molecule has 0 saturated carbocycles. The van der Waals surface area contributed by atoms with Gasteiger partial charge in [-0.1, -0.05) is 0 Å². The minimum atomic E-state index is -0.376. The number of hydrogen-bond donors (Lipinski definition) is 4. The second-order valence-corrected chi connectivity index (χ2v) is 2.92. The third-order valence-corrected chi connectivity index (χ3v) is 2.02. The number of hydrogen-bond acceptors (Lipinski definition) is 3. The molecule has 0 aromatic carbocycles. The Morgan fingerprint density at radius 1 is 1.75 bits per heavy atom. The van der Waals surface area contributed by atoms with Crippen LogP contribution in [0.25, 0.3) is 0 Å². The van der Waals surface area contributed by atoms with Crippen molar-refractivity contribution in [2.24, 2.45) is 10.7 Å². The van der Waals surface area contributed by atoms with Crippen LogP contribution in [0.4, 0.5) is 0 Å². The summed E-state index contributed by atoms with van der Waals surface area (Å²) < 4.78 is 0. The molecule has 0 spiro atoms. The fourth-order valence-electron chi connectivity index (χ4n) is 1.27. The summed E-state index contributed by atoms with van der Waals surface area (Å²) in [5, 5.41) is 15.5. The third-order valence-electron chi connectivity index (χ3n) is 2.02. The Morgan fingerprint density at radius 3 is 3.08 bits per heavy atom. The van der Waals surface area contributed by atoms with E-state index < -0.39 is 0 Å². The summed E-state index contributed by atoms with van der Waals surface area (Å²) in [6.07, 6.45) is 0.497. The maximum atomic E-state index is 9.48. The van der Waals surface area contributed by atoms with E-state index in [1.165, 1.54) is 0 Å². The van der Waals surface area contributed by atoms with Gasteiger partial charge in [-0.3, -0.25) is 4.99 Å². The average molecular weight is 172 g/mol. The first-order chi connectivity index (χ1) is 5.74. The standard InChI is InChI=1S/C7H16N4O/c1-9-7(8)11-5-2-3-10-4-6(5)12/h5-6,10,12H,2-4H2,1H3,(H3,8,9,11)/t5-,6-/m1/s1. The molecule has 1 saturated heterocycles. The maximum absolute atomic E-state index is 9.48. The normalized spacial score (nSPS) is 31.7. The van der Waals surface area contributed by atoms with Gasteiger partial charge >= 0.3 is 0 Å². The summed E-state index contributed by atoms with van der Waals surface area (Å²) in [5.74, 6) is 0.390. The van der Waals surface area contributed by atoms with E-state index in [9.17, 15) is 5.11 Å². The highest BCUT2D eigenvalue weighted by Gasteiger charge is 2.22. The molecule has 0 amide bonds. The average Bonchev–Trinajstić information content (AvgIpc) is 2.09. The van der Waals surface area contributed by atoms with Crippen molar-refractivity contribution < 1.29 is 5.11 Å². The fraction of sp³-hybridized carbons (Fsp3) is 0.857. The van der Waals surface area contributed by atoms with E-state index in [0.29, 0.717) is 12.5 Å². The minimum Gasteiger partial charge on any atom is -0.390 e. The van der Waals surface area contributed by atoms with E-state index in [4.69, 9.17) is 5.73 Å². The Hall–Kier alpha value is -0.810. The summed E-state index contributed by atoms with van der Waals surface area (Å²) in [7, 11) is 1.62. The highest BCUT2D eigenvalue weighted by Crippen LogP contribution is 2.02. The lowest BCUT2D eigenvalue weighted by Crippen LogP contribution is -2.54. The van der Waals surface area contributed by atoms with E-state index in [1.54, 1.807) is 7.05 Å². The van der Waals surface area contributed by atoms with Crippen molar-refractivity contribution in [1.29, 1.82) is 0 Å². The summed E-state index contributed by atoms with van der Waals surface area (Å²) >= 11 is 0. The second-order valence-electron chi connectivity index (χ2n) is 2.92. The van der Waals surface area contributed by atoms with E-state index in [-0.39, 0.29) is 12.1 Å². The summed E-state index contributed by atoms with van der Waals surface area (Å²) in [6.45, 7) is 1.53.